The summed E-state index contributed by atoms with van der Waals surface area (Å²) in [5, 5.41) is 5.61. The molecule has 1 aromatic rings. The Labute approximate surface area is 143 Å². The normalized spacial score (nSPS) is 13.8. The third-order valence-corrected chi connectivity index (χ3v) is 4.07. The highest BCUT2D eigenvalue weighted by atomic mass is 16.5. The van der Waals surface area contributed by atoms with Gasteiger partial charge in [-0.05, 0) is 50.3 Å². The van der Waals surface area contributed by atoms with E-state index in [9.17, 15) is 9.59 Å². The van der Waals surface area contributed by atoms with E-state index < -0.39 is 0 Å². The first-order valence-corrected chi connectivity index (χ1v) is 8.64. The minimum absolute atomic E-state index is 0.0368. The number of nitrogens with one attached hydrogen (secondary N) is 2. The first-order chi connectivity index (χ1) is 11.7. The number of nitrogens with zero attached hydrogens (tertiary/aromatic N) is 1. The van der Waals surface area contributed by atoms with Crippen molar-refractivity contribution in [3.8, 4) is 0 Å². The molecule has 0 saturated carbocycles. The second-order valence-electron chi connectivity index (χ2n) is 6.01. The van der Waals surface area contributed by atoms with Crippen molar-refractivity contribution in [2.75, 3.05) is 38.7 Å². The van der Waals surface area contributed by atoms with Crippen LogP contribution >= 0.6 is 0 Å². The van der Waals surface area contributed by atoms with E-state index in [1.54, 1.807) is 31.4 Å². The van der Waals surface area contributed by atoms with E-state index in [0.29, 0.717) is 17.8 Å². The molecule has 2 N–H and O–H groups in total. The van der Waals surface area contributed by atoms with Gasteiger partial charge < -0.3 is 20.3 Å². The van der Waals surface area contributed by atoms with Crippen LogP contribution < -0.4 is 10.6 Å². The number of carbonyl (C=O) groups is 2. The summed E-state index contributed by atoms with van der Waals surface area (Å²) in [7, 11) is 1.69. The number of ether oxygens (including phenoxy) is 1. The topological polar surface area (TPSA) is 70.7 Å². The molecule has 1 fully saturated rings. The van der Waals surface area contributed by atoms with Gasteiger partial charge in [0.25, 0.3) is 5.91 Å². The molecule has 1 aromatic carbocycles. The van der Waals surface area contributed by atoms with E-state index in [-0.39, 0.29) is 11.9 Å². The van der Waals surface area contributed by atoms with Crippen LogP contribution in [0, 0.1) is 0 Å². The Morgan fingerprint density at radius 3 is 2.71 bits per heavy atom. The van der Waals surface area contributed by atoms with Crippen molar-refractivity contribution in [3.63, 3.8) is 0 Å². The van der Waals surface area contributed by atoms with Gasteiger partial charge in [-0.2, -0.15) is 0 Å². The fourth-order valence-corrected chi connectivity index (χ4v) is 2.76. The zero-order chi connectivity index (χ0) is 17.2. The lowest BCUT2D eigenvalue weighted by atomic mass is 10.2. The third-order valence-electron chi connectivity index (χ3n) is 4.07. The number of hydrogen-bond acceptors (Lipinski definition) is 3. The van der Waals surface area contributed by atoms with Crippen LogP contribution in [0.2, 0.25) is 0 Å². The number of likely N-dealkylation sites (tertiary alicyclic amines) is 1. The number of amides is 3. The molecule has 0 radical (unpaired) electrons. The quantitative estimate of drug-likeness (QED) is 0.719. The molecule has 1 heterocycles. The molecule has 0 aliphatic carbocycles. The number of anilines is 1. The van der Waals surface area contributed by atoms with Crippen molar-refractivity contribution in [1.29, 1.82) is 0 Å². The van der Waals surface area contributed by atoms with Gasteiger partial charge in [0, 0.05) is 44.6 Å². The second kappa shape index (κ2) is 9.93. The Hall–Kier alpha value is -2.08. The summed E-state index contributed by atoms with van der Waals surface area (Å²) in [5.41, 5.74) is 1.26. The van der Waals surface area contributed by atoms with E-state index >= 15 is 0 Å². The number of methoxy groups -OCH3 is 1. The van der Waals surface area contributed by atoms with Crippen molar-refractivity contribution in [3.05, 3.63) is 29.8 Å². The van der Waals surface area contributed by atoms with Crippen molar-refractivity contribution < 1.29 is 14.3 Å². The molecule has 1 aliphatic rings. The predicted octanol–water partition coefficient (Wildman–Crippen LogP) is 2.86. The zero-order valence-electron chi connectivity index (χ0n) is 14.3. The molecule has 3 amide bonds. The van der Waals surface area contributed by atoms with E-state index in [2.05, 4.69) is 10.6 Å². The van der Waals surface area contributed by atoms with Crippen molar-refractivity contribution in [2.24, 2.45) is 0 Å². The highest BCUT2D eigenvalue weighted by molar-refractivity contribution is 5.97. The highest BCUT2D eigenvalue weighted by Gasteiger charge is 2.19. The third kappa shape index (κ3) is 5.85. The Morgan fingerprint density at radius 2 is 1.96 bits per heavy atom. The van der Waals surface area contributed by atoms with Crippen molar-refractivity contribution >= 4 is 17.6 Å². The number of hydrogen-bond donors (Lipinski definition) is 2. The van der Waals surface area contributed by atoms with Crippen LogP contribution in [0.25, 0.3) is 0 Å². The monoisotopic (exact) mass is 333 g/mol. The summed E-state index contributed by atoms with van der Waals surface area (Å²) in [4.78, 5) is 26.1. The van der Waals surface area contributed by atoms with Gasteiger partial charge in [0.15, 0.2) is 0 Å². The number of rotatable bonds is 8. The molecule has 6 nitrogen and oxygen atoms in total. The van der Waals surface area contributed by atoms with E-state index in [1.807, 2.05) is 4.90 Å². The average molecular weight is 333 g/mol. The van der Waals surface area contributed by atoms with Crippen LogP contribution in [-0.4, -0.2) is 50.2 Å². The molecule has 0 unspecified atom stereocenters. The summed E-state index contributed by atoms with van der Waals surface area (Å²) >= 11 is 0. The van der Waals surface area contributed by atoms with Crippen molar-refractivity contribution in [1.82, 2.24) is 10.2 Å². The molecular formula is C18H27N3O3. The van der Waals surface area contributed by atoms with Gasteiger partial charge in [-0.1, -0.05) is 6.07 Å². The Kier molecular flexibility index (Phi) is 7.55. The predicted molar refractivity (Wildman–Crippen MR) is 94.3 cm³/mol. The molecule has 2 rings (SSSR count). The molecule has 0 aromatic heterocycles. The summed E-state index contributed by atoms with van der Waals surface area (Å²) in [6.45, 7) is 3.02. The van der Waals surface area contributed by atoms with Crippen molar-refractivity contribution in [2.45, 2.75) is 32.1 Å². The largest absolute Gasteiger partial charge is 0.385 e. The van der Waals surface area contributed by atoms with Gasteiger partial charge in [-0.25, -0.2) is 4.79 Å². The van der Waals surface area contributed by atoms with E-state index in [4.69, 9.17) is 4.74 Å². The lowest BCUT2D eigenvalue weighted by Crippen LogP contribution is -2.30. The lowest BCUT2D eigenvalue weighted by molar-refractivity contribution is 0.0793. The number of carbonyl (C=O) groups excluding carboxylic acids is 2. The Bertz CT molecular complexity index is 542. The Morgan fingerprint density at radius 1 is 1.17 bits per heavy atom. The molecule has 24 heavy (non-hydrogen) atoms. The second-order valence-corrected chi connectivity index (χ2v) is 6.01. The van der Waals surface area contributed by atoms with Gasteiger partial charge in [-0.15, -0.1) is 0 Å². The standard InChI is InChI=1S/C18H27N3O3/c1-24-13-6-2-3-10-19-18(23)20-16-9-7-8-15(14-16)17(22)21-11-4-5-12-21/h7-9,14H,2-6,10-13H2,1H3,(H2,19,20,23). The van der Waals surface area contributed by atoms with E-state index in [0.717, 1.165) is 51.8 Å². The maximum atomic E-state index is 12.4. The van der Waals surface area contributed by atoms with Gasteiger partial charge in [0.2, 0.25) is 0 Å². The molecule has 0 bridgehead atoms. The number of benzene rings is 1. The molecular weight excluding hydrogens is 306 g/mol. The maximum absolute atomic E-state index is 12.4. The highest BCUT2D eigenvalue weighted by Crippen LogP contribution is 2.16. The smallest absolute Gasteiger partial charge is 0.319 e. The van der Waals surface area contributed by atoms with Gasteiger partial charge in [-0.3, -0.25) is 4.79 Å². The molecule has 6 heteroatoms. The van der Waals surface area contributed by atoms with Crippen LogP contribution in [0.5, 0.6) is 0 Å². The first-order valence-electron chi connectivity index (χ1n) is 8.64. The molecule has 0 atom stereocenters. The Balaban J connectivity index is 1.76. The fourth-order valence-electron chi connectivity index (χ4n) is 2.76. The number of urea groups is 1. The van der Waals surface area contributed by atoms with Crippen LogP contribution in [0.4, 0.5) is 10.5 Å². The van der Waals surface area contributed by atoms with Gasteiger partial charge in [0.1, 0.15) is 0 Å². The minimum atomic E-state index is -0.243. The van der Waals surface area contributed by atoms with E-state index in [1.165, 1.54) is 0 Å². The fraction of sp³-hybridized carbons (Fsp3) is 0.556. The average Bonchev–Trinajstić information content (AvgIpc) is 3.12. The summed E-state index contributed by atoms with van der Waals surface area (Å²) in [6.07, 6.45) is 5.07. The van der Waals surface area contributed by atoms with Crippen LogP contribution in [0.1, 0.15) is 42.5 Å². The molecule has 0 spiro atoms. The maximum Gasteiger partial charge on any atom is 0.319 e. The number of unbranched alkanes of at least 4 members (excludes halogenated alkanes) is 2. The summed E-state index contributed by atoms with van der Waals surface area (Å²) < 4.78 is 4.99. The summed E-state index contributed by atoms with van der Waals surface area (Å²) in [5.74, 6) is 0.0368. The first kappa shape index (κ1) is 18.3. The minimum Gasteiger partial charge on any atom is -0.385 e. The van der Waals surface area contributed by atoms with Crippen LogP contribution in [0.3, 0.4) is 0 Å². The molecule has 132 valence electrons. The SMILES string of the molecule is COCCCCCNC(=O)Nc1cccc(C(=O)N2CCCC2)c1. The molecule has 1 saturated heterocycles. The van der Waals surface area contributed by atoms with Gasteiger partial charge >= 0.3 is 6.03 Å². The summed E-state index contributed by atoms with van der Waals surface area (Å²) in [6, 6.07) is 6.87. The van der Waals surface area contributed by atoms with Crippen LogP contribution in [-0.2, 0) is 4.74 Å². The lowest BCUT2D eigenvalue weighted by Gasteiger charge is -2.16. The van der Waals surface area contributed by atoms with Crippen LogP contribution in [0.15, 0.2) is 24.3 Å². The van der Waals surface area contributed by atoms with Gasteiger partial charge in [0.05, 0.1) is 0 Å². The molecule has 1 aliphatic heterocycles. The zero-order valence-corrected chi connectivity index (χ0v) is 14.3.